The Morgan fingerprint density at radius 3 is 2.30 bits per heavy atom. The number of piperidine rings is 1. The first kappa shape index (κ1) is 16.8. The second-order valence-corrected chi connectivity index (χ2v) is 6.03. The average molecular weight is 285 g/mol. The van der Waals surface area contributed by atoms with Gasteiger partial charge in [0.15, 0.2) is 0 Å². The minimum atomic E-state index is -0.972. The molecule has 0 aromatic rings. The molecule has 0 bridgehead atoms. The first-order valence-electron chi connectivity index (χ1n) is 7.23. The van der Waals surface area contributed by atoms with Gasteiger partial charge in [-0.3, -0.25) is 4.79 Å². The van der Waals surface area contributed by atoms with Gasteiger partial charge in [0.05, 0.1) is 0 Å². The molecular weight excluding hydrogens is 258 g/mol. The van der Waals surface area contributed by atoms with Crippen LogP contribution < -0.4 is 0 Å². The molecule has 1 aliphatic rings. The number of nitrogens with zero attached hydrogens (tertiary/aromatic N) is 3. The summed E-state index contributed by atoms with van der Waals surface area (Å²) in [5.41, 5.74) is 0. The highest BCUT2D eigenvalue weighted by Gasteiger charge is 2.26. The van der Waals surface area contributed by atoms with Crippen LogP contribution in [0.3, 0.4) is 0 Å². The van der Waals surface area contributed by atoms with E-state index in [1.165, 1.54) is 4.90 Å². The van der Waals surface area contributed by atoms with Crippen molar-refractivity contribution in [2.75, 3.05) is 40.3 Å². The first-order valence-corrected chi connectivity index (χ1v) is 7.23. The molecule has 0 saturated carbocycles. The van der Waals surface area contributed by atoms with Crippen LogP contribution in [0.4, 0.5) is 4.79 Å². The minimum Gasteiger partial charge on any atom is -0.480 e. The SMILES string of the molecule is CC(C)N(CC(=O)O)C(=O)N(C)CC1CCN(C)CC1. The van der Waals surface area contributed by atoms with Crippen LogP contribution in [-0.4, -0.2) is 78.1 Å². The van der Waals surface area contributed by atoms with Gasteiger partial charge in [0.2, 0.25) is 0 Å². The molecule has 1 saturated heterocycles. The second-order valence-electron chi connectivity index (χ2n) is 6.03. The molecule has 0 unspecified atom stereocenters. The van der Waals surface area contributed by atoms with E-state index in [2.05, 4.69) is 11.9 Å². The van der Waals surface area contributed by atoms with Gasteiger partial charge in [-0.2, -0.15) is 0 Å². The molecule has 0 spiro atoms. The summed E-state index contributed by atoms with van der Waals surface area (Å²) >= 11 is 0. The number of hydrogen-bond donors (Lipinski definition) is 1. The first-order chi connectivity index (χ1) is 9.31. The standard InChI is InChI=1S/C14H27N3O3/c1-11(2)17(10-13(18)19)14(20)16(4)9-12-5-7-15(3)8-6-12/h11-12H,5-10H2,1-4H3,(H,18,19). The highest BCUT2D eigenvalue weighted by atomic mass is 16.4. The predicted molar refractivity (Wildman–Crippen MR) is 77.7 cm³/mol. The summed E-state index contributed by atoms with van der Waals surface area (Å²) in [6.45, 7) is 6.27. The highest BCUT2D eigenvalue weighted by Crippen LogP contribution is 2.17. The van der Waals surface area contributed by atoms with E-state index in [0.29, 0.717) is 12.5 Å². The van der Waals surface area contributed by atoms with Gasteiger partial charge >= 0.3 is 12.0 Å². The van der Waals surface area contributed by atoms with Crippen molar-refractivity contribution in [1.82, 2.24) is 14.7 Å². The van der Waals surface area contributed by atoms with Crippen LogP contribution in [-0.2, 0) is 4.79 Å². The maximum atomic E-state index is 12.3. The van der Waals surface area contributed by atoms with E-state index in [1.807, 2.05) is 13.8 Å². The van der Waals surface area contributed by atoms with Gasteiger partial charge in [0.1, 0.15) is 6.54 Å². The number of carbonyl (C=O) groups is 2. The monoisotopic (exact) mass is 285 g/mol. The summed E-state index contributed by atoms with van der Waals surface area (Å²) in [4.78, 5) is 28.5. The number of urea groups is 1. The van der Waals surface area contributed by atoms with E-state index in [0.717, 1.165) is 25.9 Å². The van der Waals surface area contributed by atoms with Crippen molar-refractivity contribution < 1.29 is 14.7 Å². The number of rotatable bonds is 5. The van der Waals surface area contributed by atoms with E-state index < -0.39 is 5.97 Å². The lowest BCUT2D eigenvalue weighted by atomic mass is 9.97. The van der Waals surface area contributed by atoms with Crippen LogP contribution in [0.5, 0.6) is 0 Å². The van der Waals surface area contributed by atoms with Crippen LogP contribution >= 0.6 is 0 Å². The second kappa shape index (κ2) is 7.47. The zero-order chi connectivity index (χ0) is 15.3. The Balaban J connectivity index is 2.53. The quantitative estimate of drug-likeness (QED) is 0.823. The van der Waals surface area contributed by atoms with Crippen LogP contribution in [0, 0.1) is 5.92 Å². The van der Waals surface area contributed by atoms with Crippen molar-refractivity contribution >= 4 is 12.0 Å². The fraction of sp³-hybridized carbons (Fsp3) is 0.857. The Morgan fingerprint density at radius 1 is 1.30 bits per heavy atom. The van der Waals surface area contributed by atoms with Gasteiger partial charge in [-0.1, -0.05) is 0 Å². The summed E-state index contributed by atoms with van der Waals surface area (Å²) in [5.74, 6) is -0.460. The third-order valence-electron chi connectivity index (χ3n) is 3.87. The molecule has 1 aliphatic heterocycles. The largest absolute Gasteiger partial charge is 0.480 e. The van der Waals surface area contributed by atoms with Crippen molar-refractivity contribution in [2.45, 2.75) is 32.7 Å². The van der Waals surface area contributed by atoms with E-state index >= 15 is 0 Å². The molecule has 1 heterocycles. The number of carboxylic acids is 1. The number of carboxylic acid groups (broad SMARTS) is 1. The fourth-order valence-electron chi connectivity index (χ4n) is 2.55. The van der Waals surface area contributed by atoms with Crippen LogP contribution in [0.1, 0.15) is 26.7 Å². The fourth-order valence-corrected chi connectivity index (χ4v) is 2.55. The third kappa shape index (κ3) is 5.00. The Morgan fingerprint density at radius 2 is 1.85 bits per heavy atom. The number of carbonyl (C=O) groups excluding carboxylic acids is 1. The van der Waals surface area contributed by atoms with Gasteiger partial charge in [0.25, 0.3) is 0 Å². The molecular formula is C14H27N3O3. The summed E-state index contributed by atoms with van der Waals surface area (Å²) in [6, 6.07) is -0.306. The lowest BCUT2D eigenvalue weighted by molar-refractivity contribution is -0.138. The van der Waals surface area contributed by atoms with Gasteiger partial charge in [-0.25, -0.2) is 4.79 Å². The van der Waals surface area contributed by atoms with Crippen LogP contribution in [0.15, 0.2) is 0 Å². The normalized spacial score (nSPS) is 17.2. The van der Waals surface area contributed by atoms with Crippen molar-refractivity contribution in [3.8, 4) is 0 Å². The molecule has 116 valence electrons. The van der Waals surface area contributed by atoms with E-state index in [4.69, 9.17) is 5.11 Å². The summed E-state index contributed by atoms with van der Waals surface area (Å²) in [6.07, 6.45) is 2.18. The number of likely N-dealkylation sites (tertiary alicyclic amines) is 1. The maximum absolute atomic E-state index is 12.3. The van der Waals surface area contributed by atoms with Crippen molar-refractivity contribution in [3.05, 3.63) is 0 Å². The van der Waals surface area contributed by atoms with Gasteiger partial charge < -0.3 is 19.8 Å². The Hall–Kier alpha value is -1.30. The molecule has 1 N–H and O–H groups in total. The predicted octanol–water partition coefficient (Wildman–Crippen LogP) is 1.18. The number of amides is 2. The summed E-state index contributed by atoms with van der Waals surface area (Å²) in [7, 11) is 3.87. The molecule has 1 fully saturated rings. The Kier molecular flexibility index (Phi) is 6.26. The van der Waals surface area contributed by atoms with E-state index in [1.54, 1.807) is 11.9 Å². The van der Waals surface area contributed by atoms with Crippen molar-refractivity contribution in [3.63, 3.8) is 0 Å². The molecule has 0 radical (unpaired) electrons. The van der Waals surface area contributed by atoms with Gasteiger partial charge in [0, 0.05) is 19.6 Å². The minimum absolute atomic E-state index is 0.112. The maximum Gasteiger partial charge on any atom is 0.323 e. The summed E-state index contributed by atoms with van der Waals surface area (Å²) < 4.78 is 0. The Labute approximate surface area is 121 Å². The molecule has 0 aliphatic carbocycles. The molecule has 2 amide bonds. The molecule has 6 nitrogen and oxygen atoms in total. The van der Waals surface area contributed by atoms with Crippen molar-refractivity contribution in [2.24, 2.45) is 5.92 Å². The zero-order valence-electron chi connectivity index (χ0n) is 13.0. The molecule has 0 aromatic heterocycles. The van der Waals surface area contributed by atoms with E-state index in [9.17, 15) is 9.59 Å². The topological polar surface area (TPSA) is 64.1 Å². The van der Waals surface area contributed by atoms with Crippen LogP contribution in [0.25, 0.3) is 0 Å². The number of aliphatic carboxylic acids is 1. The van der Waals surface area contributed by atoms with Crippen LogP contribution in [0.2, 0.25) is 0 Å². The summed E-state index contributed by atoms with van der Waals surface area (Å²) in [5, 5.41) is 8.90. The molecule has 1 rings (SSSR count). The molecule has 20 heavy (non-hydrogen) atoms. The highest BCUT2D eigenvalue weighted by molar-refractivity contribution is 5.80. The third-order valence-corrected chi connectivity index (χ3v) is 3.87. The van der Waals surface area contributed by atoms with Crippen molar-refractivity contribution in [1.29, 1.82) is 0 Å². The lowest BCUT2D eigenvalue weighted by Gasteiger charge is -2.34. The molecule has 0 atom stereocenters. The van der Waals surface area contributed by atoms with E-state index in [-0.39, 0.29) is 18.6 Å². The average Bonchev–Trinajstić information content (AvgIpc) is 2.37. The zero-order valence-corrected chi connectivity index (χ0v) is 13.0. The smallest absolute Gasteiger partial charge is 0.323 e. The van der Waals surface area contributed by atoms with Gasteiger partial charge in [-0.15, -0.1) is 0 Å². The Bertz CT molecular complexity index is 339. The van der Waals surface area contributed by atoms with Gasteiger partial charge in [-0.05, 0) is 52.7 Å². The number of hydrogen-bond acceptors (Lipinski definition) is 3. The lowest BCUT2D eigenvalue weighted by Crippen LogP contribution is -2.49. The molecule has 0 aromatic carbocycles. The molecule has 6 heteroatoms.